The van der Waals surface area contributed by atoms with Gasteiger partial charge in [0, 0.05) is 6.42 Å². The molecule has 1 aliphatic heterocycles. The van der Waals surface area contributed by atoms with Crippen LogP contribution >= 0.6 is 0 Å². The first kappa shape index (κ1) is 9.61. The number of hydrogen-bond donors (Lipinski definition) is 1. The van der Waals surface area contributed by atoms with Gasteiger partial charge in [0.15, 0.2) is 0 Å². The maximum Gasteiger partial charge on any atom is 0.00916 e. The molecule has 0 spiro atoms. The van der Waals surface area contributed by atoms with E-state index in [0.29, 0.717) is 0 Å². The fraction of sp³-hybridized carbons (Fsp3) is 0.818. The second kappa shape index (κ2) is 6.08. The second-order valence-electron chi connectivity index (χ2n) is 3.53. The van der Waals surface area contributed by atoms with Crippen LogP contribution in [0.25, 0.3) is 0 Å². The van der Waals surface area contributed by atoms with Gasteiger partial charge in [-0.05, 0) is 45.2 Å². The van der Waals surface area contributed by atoms with Gasteiger partial charge in [0.05, 0.1) is 0 Å². The Morgan fingerprint density at radius 3 is 3.17 bits per heavy atom. The SMILES string of the molecule is CC#CCCC1CCCCNC1. The Hall–Kier alpha value is -0.480. The molecule has 0 amide bonds. The van der Waals surface area contributed by atoms with Crippen LogP contribution in [0.2, 0.25) is 0 Å². The molecule has 1 atom stereocenters. The highest BCUT2D eigenvalue weighted by Crippen LogP contribution is 2.15. The third kappa shape index (κ3) is 3.78. The summed E-state index contributed by atoms with van der Waals surface area (Å²) in [6.45, 7) is 4.35. The molecule has 0 bridgehead atoms. The van der Waals surface area contributed by atoms with E-state index in [1.54, 1.807) is 0 Å². The third-order valence-electron chi connectivity index (χ3n) is 2.50. The standard InChI is InChI=1S/C11H19N/c1-2-3-4-7-11-8-5-6-9-12-10-11/h11-12H,4-10H2,1H3. The average Bonchev–Trinajstić information content (AvgIpc) is 2.33. The van der Waals surface area contributed by atoms with Crippen molar-refractivity contribution < 1.29 is 0 Å². The van der Waals surface area contributed by atoms with Crippen LogP contribution in [0.5, 0.6) is 0 Å². The van der Waals surface area contributed by atoms with E-state index in [0.717, 1.165) is 12.3 Å². The molecular formula is C11H19N. The molecule has 0 radical (unpaired) electrons. The normalized spacial score (nSPS) is 23.9. The van der Waals surface area contributed by atoms with Gasteiger partial charge in [-0.25, -0.2) is 0 Å². The van der Waals surface area contributed by atoms with Crippen LogP contribution in [-0.4, -0.2) is 13.1 Å². The largest absolute Gasteiger partial charge is 0.316 e. The van der Waals surface area contributed by atoms with Crippen LogP contribution in [0.4, 0.5) is 0 Å². The lowest BCUT2D eigenvalue weighted by Gasteiger charge is -2.11. The van der Waals surface area contributed by atoms with E-state index >= 15 is 0 Å². The number of rotatable bonds is 2. The molecule has 1 fully saturated rings. The topological polar surface area (TPSA) is 12.0 Å². The van der Waals surface area contributed by atoms with Crippen LogP contribution < -0.4 is 5.32 Å². The highest BCUT2D eigenvalue weighted by molar-refractivity contribution is 4.95. The highest BCUT2D eigenvalue weighted by atomic mass is 14.9. The molecule has 1 N–H and O–H groups in total. The van der Waals surface area contributed by atoms with Crippen LogP contribution in [0.15, 0.2) is 0 Å². The molecular weight excluding hydrogens is 146 g/mol. The Bertz CT molecular complexity index is 156. The summed E-state index contributed by atoms with van der Waals surface area (Å²) in [7, 11) is 0. The van der Waals surface area contributed by atoms with Gasteiger partial charge < -0.3 is 5.32 Å². The second-order valence-corrected chi connectivity index (χ2v) is 3.53. The molecule has 12 heavy (non-hydrogen) atoms. The Labute approximate surface area is 75.9 Å². The molecule has 1 nitrogen and oxygen atoms in total. The first-order valence-corrected chi connectivity index (χ1v) is 5.04. The molecule has 0 aromatic heterocycles. The van der Waals surface area contributed by atoms with Gasteiger partial charge in [-0.3, -0.25) is 0 Å². The zero-order chi connectivity index (χ0) is 8.65. The molecule has 1 rings (SSSR count). The van der Waals surface area contributed by atoms with Crippen LogP contribution in [0.3, 0.4) is 0 Å². The quantitative estimate of drug-likeness (QED) is 0.618. The summed E-state index contributed by atoms with van der Waals surface area (Å²) in [6, 6.07) is 0. The van der Waals surface area contributed by atoms with Crippen molar-refractivity contribution in [2.45, 2.75) is 39.0 Å². The molecule has 1 aliphatic rings. The summed E-state index contributed by atoms with van der Waals surface area (Å²) in [5.41, 5.74) is 0. The zero-order valence-corrected chi connectivity index (χ0v) is 8.03. The molecule has 0 aliphatic carbocycles. The van der Waals surface area contributed by atoms with Gasteiger partial charge in [-0.1, -0.05) is 6.42 Å². The van der Waals surface area contributed by atoms with E-state index in [1.807, 2.05) is 6.92 Å². The van der Waals surface area contributed by atoms with E-state index < -0.39 is 0 Å². The fourth-order valence-electron chi connectivity index (χ4n) is 1.74. The van der Waals surface area contributed by atoms with Crippen molar-refractivity contribution in [3.05, 3.63) is 0 Å². The third-order valence-corrected chi connectivity index (χ3v) is 2.50. The van der Waals surface area contributed by atoms with E-state index in [9.17, 15) is 0 Å². The average molecular weight is 165 g/mol. The summed E-state index contributed by atoms with van der Waals surface area (Å²) >= 11 is 0. The lowest BCUT2D eigenvalue weighted by Crippen LogP contribution is -2.20. The summed E-state index contributed by atoms with van der Waals surface area (Å²) in [5, 5.41) is 3.48. The first-order valence-electron chi connectivity index (χ1n) is 5.04. The molecule has 0 aromatic rings. The number of hydrogen-bond acceptors (Lipinski definition) is 1. The minimum atomic E-state index is 0.883. The maximum absolute atomic E-state index is 3.48. The predicted molar refractivity (Wildman–Crippen MR) is 52.9 cm³/mol. The van der Waals surface area contributed by atoms with Gasteiger partial charge in [0.1, 0.15) is 0 Å². The van der Waals surface area contributed by atoms with Gasteiger partial charge in [0.25, 0.3) is 0 Å². The zero-order valence-electron chi connectivity index (χ0n) is 8.03. The Balaban J connectivity index is 2.14. The smallest absolute Gasteiger partial charge is 0.00916 e. The van der Waals surface area contributed by atoms with Crippen LogP contribution in [0.1, 0.15) is 39.0 Å². The Morgan fingerprint density at radius 1 is 1.42 bits per heavy atom. The minimum absolute atomic E-state index is 0.883. The summed E-state index contributed by atoms with van der Waals surface area (Å²) < 4.78 is 0. The lowest BCUT2D eigenvalue weighted by atomic mass is 9.98. The van der Waals surface area contributed by atoms with Gasteiger partial charge in [0.2, 0.25) is 0 Å². The van der Waals surface area contributed by atoms with Crippen molar-refractivity contribution >= 4 is 0 Å². The minimum Gasteiger partial charge on any atom is -0.316 e. The summed E-state index contributed by atoms with van der Waals surface area (Å²) in [4.78, 5) is 0. The Morgan fingerprint density at radius 2 is 2.33 bits per heavy atom. The molecule has 1 heterocycles. The van der Waals surface area contributed by atoms with Gasteiger partial charge in [-0.15, -0.1) is 11.8 Å². The van der Waals surface area contributed by atoms with Crippen molar-refractivity contribution in [1.29, 1.82) is 0 Å². The van der Waals surface area contributed by atoms with Crippen LogP contribution in [0, 0.1) is 17.8 Å². The van der Waals surface area contributed by atoms with E-state index in [2.05, 4.69) is 17.2 Å². The molecule has 1 unspecified atom stereocenters. The Kier molecular flexibility index (Phi) is 4.87. The van der Waals surface area contributed by atoms with Crippen LogP contribution in [-0.2, 0) is 0 Å². The molecule has 0 aromatic carbocycles. The van der Waals surface area contributed by atoms with Crippen molar-refractivity contribution in [3.63, 3.8) is 0 Å². The van der Waals surface area contributed by atoms with E-state index in [4.69, 9.17) is 0 Å². The molecule has 1 heteroatoms. The molecule has 1 saturated heterocycles. The molecule has 0 saturated carbocycles. The highest BCUT2D eigenvalue weighted by Gasteiger charge is 2.10. The monoisotopic (exact) mass is 165 g/mol. The van der Waals surface area contributed by atoms with E-state index in [1.165, 1.54) is 38.8 Å². The van der Waals surface area contributed by atoms with Crippen molar-refractivity contribution in [2.24, 2.45) is 5.92 Å². The van der Waals surface area contributed by atoms with Gasteiger partial charge in [-0.2, -0.15) is 0 Å². The van der Waals surface area contributed by atoms with E-state index in [-0.39, 0.29) is 0 Å². The van der Waals surface area contributed by atoms with Crippen molar-refractivity contribution in [3.8, 4) is 11.8 Å². The summed E-state index contributed by atoms with van der Waals surface area (Å²) in [6.07, 6.45) is 6.53. The van der Waals surface area contributed by atoms with Crippen molar-refractivity contribution in [2.75, 3.05) is 13.1 Å². The first-order chi connectivity index (χ1) is 5.93. The molecule has 68 valence electrons. The predicted octanol–water partition coefficient (Wildman–Crippen LogP) is 2.18. The summed E-state index contributed by atoms with van der Waals surface area (Å²) in [5.74, 6) is 6.97. The maximum atomic E-state index is 3.48. The van der Waals surface area contributed by atoms with Crippen molar-refractivity contribution in [1.82, 2.24) is 5.32 Å². The van der Waals surface area contributed by atoms with Gasteiger partial charge >= 0.3 is 0 Å². The lowest BCUT2D eigenvalue weighted by molar-refractivity contribution is 0.453. The fourth-order valence-corrected chi connectivity index (χ4v) is 1.74. The number of nitrogens with one attached hydrogen (secondary N) is 1.